The number of carbonyl (C=O) groups is 1. The lowest BCUT2D eigenvalue weighted by Crippen LogP contribution is -2.40. The maximum Gasteiger partial charge on any atom is 0.253 e. The molecule has 3 aliphatic heterocycles. The van der Waals surface area contributed by atoms with Crippen molar-refractivity contribution in [3.8, 4) is 0 Å². The highest BCUT2D eigenvalue weighted by atomic mass is 19.1. The van der Waals surface area contributed by atoms with Gasteiger partial charge in [-0.1, -0.05) is 0 Å². The summed E-state index contributed by atoms with van der Waals surface area (Å²) in [6, 6.07) is 9.87. The zero-order chi connectivity index (χ0) is 28.8. The number of nitrogens with zero attached hydrogens (tertiary/aromatic N) is 5. The van der Waals surface area contributed by atoms with Gasteiger partial charge in [-0.2, -0.15) is 0 Å². The summed E-state index contributed by atoms with van der Waals surface area (Å²) in [4.78, 5) is 33.8. The van der Waals surface area contributed by atoms with Crippen molar-refractivity contribution in [3.05, 3.63) is 52.1 Å². The van der Waals surface area contributed by atoms with E-state index in [1.165, 1.54) is 0 Å². The first-order chi connectivity index (χ1) is 19.8. The Morgan fingerprint density at radius 3 is 2.32 bits per heavy atom. The van der Waals surface area contributed by atoms with E-state index in [-0.39, 0.29) is 23.2 Å². The summed E-state index contributed by atoms with van der Waals surface area (Å²) in [6.07, 6.45) is 1.41. The number of nitrogens with one attached hydrogen (secondary N) is 1. The van der Waals surface area contributed by atoms with Crippen LogP contribution >= 0.6 is 0 Å². The topological polar surface area (TPSA) is 73.3 Å². The highest BCUT2D eigenvalue weighted by Crippen LogP contribution is 2.44. The van der Waals surface area contributed by atoms with Crippen LogP contribution in [-0.4, -0.2) is 77.1 Å². The van der Waals surface area contributed by atoms with Crippen molar-refractivity contribution in [1.82, 2.24) is 9.88 Å². The number of rotatable bonds is 4. The zero-order valence-corrected chi connectivity index (χ0v) is 24.4. The van der Waals surface area contributed by atoms with Crippen LogP contribution in [0.4, 0.5) is 32.8 Å². The Balaban J connectivity index is 1.44. The maximum atomic E-state index is 15.9. The van der Waals surface area contributed by atoms with Gasteiger partial charge in [-0.25, -0.2) is 4.39 Å². The monoisotopic (exact) mass is 562 g/mol. The number of morpholine rings is 1. The van der Waals surface area contributed by atoms with Crippen LogP contribution < -0.4 is 30.5 Å². The molecule has 2 fully saturated rings. The van der Waals surface area contributed by atoms with Crippen LogP contribution in [0.15, 0.2) is 35.1 Å². The number of pyridine rings is 1. The van der Waals surface area contributed by atoms with E-state index in [1.54, 1.807) is 17.7 Å². The van der Waals surface area contributed by atoms with Crippen LogP contribution in [0, 0.1) is 18.7 Å². The molecule has 4 heterocycles. The van der Waals surface area contributed by atoms with Gasteiger partial charge in [0.1, 0.15) is 5.82 Å². The van der Waals surface area contributed by atoms with E-state index in [9.17, 15) is 9.59 Å². The first-order valence-corrected chi connectivity index (χ1v) is 14.5. The molecule has 0 bridgehead atoms. The van der Waals surface area contributed by atoms with Crippen molar-refractivity contribution in [2.75, 3.05) is 86.2 Å². The van der Waals surface area contributed by atoms with Crippen LogP contribution in [-0.2, 0) is 16.6 Å². The van der Waals surface area contributed by atoms with Gasteiger partial charge in [-0.05, 0) is 44.0 Å². The molecule has 1 amide bonds. The van der Waals surface area contributed by atoms with Gasteiger partial charge in [0.25, 0.3) is 5.56 Å². The van der Waals surface area contributed by atoms with E-state index in [2.05, 4.69) is 37.0 Å². The number of likely N-dealkylation sites (N-methyl/N-ethyl adjacent to an activating group) is 1. The van der Waals surface area contributed by atoms with Crippen molar-refractivity contribution < 1.29 is 13.9 Å². The number of aromatic nitrogens is 1. The lowest BCUT2D eigenvalue weighted by atomic mass is 9.95. The van der Waals surface area contributed by atoms with Gasteiger partial charge in [0, 0.05) is 89.0 Å². The van der Waals surface area contributed by atoms with Crippen molar-refractivity contribution in [2.45, 2.75) is 19.8 Å². The van der Waals surface area contributed by atoms with Crippen LogP contribution in [0.5, 0.6) is 0 Å². The Hall–Kier alpha value is -3.79. The normalized spacial score (nSPS) is 18.2. The summed E-state index contributed by atoms with van der Waals surface area (Å²) in [5, 5.41) is 3.71. The number of carbonyl (C=O) groups excluding carboxylic acids is 1. The Labute approximate surface area is 240 Å². The molecular weight excluding hydrogens is 523 g/mol. The maximum absolute atomic E-state index is 15.9. The smallest absolute Gasteiger partial charge is 0.253 e. The SMILES string of the molecule is CNC(=O)C1CCN(c2cc3c(cc2F)N(c2cc(N4CCOCC4)cc4c2cc(C)c(=O)n4C)CCN3C)CC1. The number of piperidine rings is 1. The largest absolute Gasteiger partial charge is 0.378 e. The zero-order valence-electron chi connectivity index (χ0n) is 24.4. The van der Waals surface area contributed by atoms with Crippen molar-refractivity contribution in [1.29, 1.82) is 0 Å². The summed E-state index contributed by atoms with van der Waals surface area (Å²) in [5.74, 6) is -0.230. The highest BCUT2D eigenvalue weighted by Gasteiger charge is 2.30. The second kappa shape index (κ2) is 10.9. The molecule has 218 valence electrons. The summed E-state index contributed by atoms with van der Waals surface area (Å²) in [5.41, 5.74) is 5.88. The molecule has 0 atom stereocenters. The van der Waals surface area contributed by atoms with Gasteiger partial charge in [0.2, 0.25) is 5.91 Å². The van der Waals surface area contributed by atoms with Crippen LogP contribution in [0.2, 0.25) is 0 Å². The number of fused-ring (bicyclic) bond motifs is 2. The van der Waals surface area contributed by atoms with E-state index in [0.29, 0.717) is 56.9 Å². The molecule has 0 saturated carbocycles. The first-order valence-electron chi connectivity index (χ1n) is 14.5. The number of amides is 1. The molecule has 6 rings (SSSR count). The van der Waals surface area contributed by atoms with Gasteiger partial charge >= 0.3 is 0 Å². The van der Waals surface area contributed by atoms with Crippen LogP contribution in [0.25, 0.3) is 10.9 Å². The molecule has 10 heteroatoms. The van der Waals surface area contributed by atoms with Gasteiger partial charge in [0.15, 0.2) is 0 Å². The van der Waals surface area contributed by atoms with E-state index >= 15 is 4.39 Å². The Morgan fingerprint density at radius 2 is 1.61 bits per heavy atom. The predicted octanol–water partition coefficient (Wildman–Crippen LogP) is 3.37. The number of halogens is 1. The molecule has 0 radical (unpaired) electrons. The molecule has 0 spiro atoms. The van der Waals surface area contributed by atoms with Crippen molar-refractivity contribution in [3.63, 3.8) is 0 Å². The molecule has 41 heavy (non-hydrogen) atoms. The lowest BCUT2D eigenvalue weighted by Gasteiger charge is -2.40. The lowest BCUT2D eigenvalue weighted by molar-refractivity contribution is -0.125. The fourth-order valence-electron chi connectivity index (χ4n) is 6.55. The number of anilines is 5. The minimum absolute atomic E-state index is 0.0165. The van der Waals surface area contributed by atoms with Crippen molar-refractivity contribution in [2.24, 2.45) is 13.0 Å². The summed E-state index contributed by atoms with van der Waals surface area (Å²) < 4.78 is 23.2. The van der Waals surface area contributed by atoms with E-state index < -0.39 is 0 Å². The second-order valence-electron chi connectivity index (χ2n) is 11.4. The average molecular weight is 563 g/mol. The standard InChI is InChI=1S/C31H39FN6O3/c1-20-15-23-25(35(4)31(20)40)16-22(36-11-13-41-14-12-36)17-26(23)38-10-9-34(3)28-19-27(24(32)18-29(28)38)37-7-5-21(6-8-37)30(39)33-2/h15-19,21H,5-14H2,1-4H3,(H,33,39). The van der Waals surface area contributed by atoms with E-state index in [1.807, 2.05) is 33.2 Å². The Morgan fingerprint density at radius 1 is 0.878 bits per heavy atom. The van der Waals surface area contributed by atoms with Crippen LogP contribution in [0.3, 0.4) is 0 Å². The van der Waals surface area contributed by atoms with Gasteiger partial charge < -0.3 is 34.2 Å². The average Bonchev–Trinajstić information content (AvgIpc) is 3.00. The molecule has 2 saturated heterocycles. The molecule has 3 aliphatic rings. The van der Waals surface area contributed by atoms with Crippen molar-refractivity contribution >= 4 is 45.2 Å². The summed E-state index contributed by atoms with van der Waals surface area (Å²) in [6.45, 7) is 7.45. The van der Waals surface area contributed by atoms with Gasteiger partial charge in [-0.3, -0.25) is 9.59 Å². The summed E-state index contributed by atoms with van der Waals surface area (Å²) in [7, 11) is 5.54. The summed E-state index contributed by atoms with van der Waals surface area (Å²) >= 11 is 0. The van der Waals surface area contributed by atoms with E-state index in [0.717, 1.165) is 53.3 Å². The molecular formula is C31H39FN6O3. The number of hydrogen-bond donors (Lipinski definition) is 1. The minimum atomic E-state index is -0.264. The number of ether oxygens (including phenoxy) is 1. The molecule has 1 aromatic heterocycles. The fourth-order valence-corrected chi connectivity index (χ4v) is 6.55. The third-order valence-electron chi connectivity index (χ3n) is 9.01. The fraction of sp³-hybridized carbons (Fsp3) is 0.484. The van der Waals surface area contributed by atoms with Gasteiger partial charge in [0.05, 0.1) is 41.5 Å². The predicted molar refractivity (Wildman–Crippen MR) is 163 cm³/mol. The molecule has 9 nitrogen and oxygen atoms in total. The minimum Gasteiger partial charge on any atom is -0.378 e. The van der Waals surface area contributed by atoms with E-state index in [4.69, 9.17) is 4.74 Å². The molecule has 2 aromatic carbocycles. The number of aryl methyl sites for hydroxylation is 2. The Bertz CT molecular complexity index is 1540. The number of hydrogen-bond acceptors (Lipinski definition) is 7. The van der Waals surface area contributed by atoms with Gasteiger partial charge in [-0.15, -0.1) is 0 Å². The Kier molecular flexibility index (Phi) is 7.27. The quantitative estimate of drug-likeness (QED) is 0.523. The first kappa shape index (κ1) is 27.4. The molecule has 1 N–H and O–H groups in total. The second-order valence-corrected chi connectivity index (χ2v) is 11.4. The molecule has 0 aliphatic carbocycles. The highest BCUT2D eigenvalue weighted by molar-refractivity contribution is 5.99. The molecule has 0 unspecified atom stereocenters. The number of benzene rings is 2. The third kappa shape index (κ3) is 4.88. The third-order valence-corrected chi connectivity index (χ3v) is 9.01. The molecule has 3 aromatic rings. The van der Waals surface area contributed by atoms with Crippen LogP contribution in [0.1, 0.15) is 18.4 Å².